The highest BCUT2D eigenvalue weighted by molar-refractivity contribution is 7.00. The van der Waals surface area contributed by atoms with E-state index < -0.39 is 8.07 Å². The quantitative estimate of drug-likeness (QED) is 0.158. The molecule has 0 saturated heterocycles. The third-order valence-corrected chi connectivity index (χ3v) is 22.1. The second-order valence-electron chi connectivity index (χ2n) is 19.6. The smallest absolute Gasteiger partial charge is 0.142 e. The van der Waals surface area contributed by atoms with Gasteiger partial charge in [-0.1, -0.05) is 132 Å². The van der Waals surface area contributed by atoms with E-state index in [-0.39, 0.29) is 5.54 Å². The standard InChI is InChI=1S/C55H73NSi/c1-55(56(49-34-30-45(31-35-49)43-18-7-2-8-19-43)50-36-32-46(33-37-50)44-20-9-3-10-21-44)40-38-47(39-41-55)48-22-17-29-54(42-48)57(51-23-11-4-12-24-51,52-25-13-5-14-26-52)53-27-15-6-16-28-53/h2,7,9,11,18,20,23-25,27,30,32-33,36,38-40,44,48-50,54H,3-6,8,10,12-17,19,21-22,26,28-29,31,34-35,37,41-42H2,1H3. The van der Waals surface area contributed by atoms with Gasteiger partial charge in [-0.3, -0.25) is 4.90 Å². The Bertz CT molecular complexity index is 1840. The summed E-state index contributed by atoms with van der Waals surface area (Å²) in [5, 5.41) is 5.70. The van der Waals surface area contributed by atoms with E-state index in [0.29, 0.717) is 23.9 Å². The summed E-state index contributed by atoms with van der Waals surface area (Å²) in [6.45, 7) is 2.59. The summed E-state index contributed by atoms with van der Waals surface area (Å²) >= 11 is 0. The molecule has 0 N–H and O–H groups in total. The van der Waals surface area contributed by atoms with Gasteiger partial charge in [-0.05, 0) is 182 Å². The Morgan fingerprint density at radius 1 is 0.614 bits per heavy atom. The normalized spacial score (nSPS) is 33.5. The molecule has 0 amide bonds. The van der Waals surface area contributed by atoms with Crippen LogP contribution in [0.15, 0.2) is 141 Å². The lowest BCUT2D eigenvalue weighted by Crippen LogP contribution is -2.56. The van der Waals surface area contributed by atoms with Crippen LogP contribution < -0.4 is 0 Å². The Hall–Kier alpha value is -2.94. The second kappa shape index (κ2) is 18.1. The minimum absolute atomic E-state index is 0.0293. The van der Waals surface area contributed by atoms with E-state index in [9.17, 15) is 0 Å². The SMILES string of the molecule is CC1(N(C2C=CC(C3C=CCCC3)=CC2)C2CC=C(C3=CC=CCC3)CC2)C=CC(C2CCCC([Si](C3=CCCC=C3)(C3=CCCCC3)C3=CCCCC3)C2)=CC1. The van der Waals surface area contributed by atoms with Gasteiger partial charge in [0.1, 0.15) is 8.07 Å². The molecule has 0 aliphatic heterocycles. The monoisotopic (exact) mass is 776 g/mol. The number of rotatable bonds is 10. The fraction of sp³-hybridized carbons (Fsp3) is 0.564. The van der Waals surface area contributed by atoms with Gasteiger partial charge in [-0.2, -0.15) is 0 Å². The van der Waals surface area contributed by atoms with E-state index in [0.717, 1.165) is 18.4 Å². The molecule has 0 aromatic heterocycles. The Morgan fingerprint density at radius 3 is 2.12 bits per heavy atom. The molecule has 0 aromatic rings. The molecular formula is C55H73NSi. The minimum Gasteiger partial charge on any atom is -0.284 e. The molecule has 0 bridgehead atoms. The summed E-state index contributed by atoms with van der Waals surface area (Å²) < 4.78 is 0. The molecule has 2 heteroatoms. The van der Waals surface area contributed by atoms with Crippen molar-refractivity contribution in [2.24, 2.45) is 11.8 Å². The first kappa shape index (κ1) is 39.5. The number of allylic oxidation sites excluding steroid dienone is 19. The van der Waals surface area contributed by atoms with E-state index in [1.165, 1.54) is 141 Å². The van der Waals surface area contributed by atoms with Crippen molar-refractivity contribution in [1.29, 1.82) is 0 Å². The molecule has 1 fully saturated rings. The summed E-state index contributed by atoms with van der Waals surface area (Å²) in [6, 6.07) is 1.03. The highest BCUT2D eigenvalue weighted by atomic mass is 28.3. The predicted octanol–water partition coefficient (Wildman–Crippen LogP) is 15.2. The number of nitrogens with zero attached hydrogens (tertiary/aromatic N) is 1. The van der Waals surface area contributed by atoms with Crippen molar-refractivity contribution in [2.75, 3.05) is 0 Å². The van der Waals surface area contributed by atoms with Crippen molar-refractivity contribution < 1.29 is 0 Å². The Labute approximate surface area is 348 Å². The molecule has 1 nitrogen and oxygen atoms in total. The third kappa shape index (κ3) is 8.30. The third-order valence-electron chi connectivity index (χ3n) is 16.1. The summed E-state index contributed by atoms with van der Waals surface area (Å²) in [5.41, 5.74) is 7.34. The minimum atomic E-state index is -2.02. The highest BCUT2D eigenvalue weighted by Crippen LogP contribution is 2.55. The van der Waals surface area contributed by atoms with Crippen molar-refractivity contribution in [3.63, 3.8) is 0 Å². The first-order valence-electron chi connectivity index (χ1n) is 24.2. The Morgan fingerprint density at radius 2 is 1.49 bits per heavy atom. The van der Waals surface area contributed by atoms with Crippen LogP contribution in [0.1, 0.15) is 161 Å². The maximum absolute atomic E-state index is 3.01. The van der Waals surface area contributed by atoms with Crippen molar-refractivity contribution in [3.05, 3.63) is 141 Å². The molecule has 0 radical (unpaired) electrons. The first-order valence-corrected chi connectivity index (χ1v) is 26.2. The molecule has 9 aliphatic carbocycles. The van der Waals surface area contributed by atoms with Crippen LogP contribution in [0, 0.1) is 11.8 Å². The van der Waals surface area contributed by atoms with Crippen molar-refractivity contribution in [3.8, 4) is 0 Å². The zero-order valence-corrected chi connectivity index (χ0v) is 36.6. The average molecular weight is 776 g/mol. The fourth-order valence-electron chi connectivity index (χ4n) is 13.3. The Kier molecular flexibility index (Phi) is 12.6. The Balaban J connectivity index is 0.981. The topological polar surface area (TPSA) is 3.24 Å². The molecule has 0 aromatic carbocycles. The predicted molar refractivity (Wildman–Crippen MR) is 247 cm³/mol. The van der Waals surface area contributed by atoms with Gasteiger partial charge in [0.15, 0.2) is 0 Å². The lowest BCUT2D eigenvalue weighted by Gasteiger charge is -2.51. The van der Waals surface area contributed by atoms with Crippen LogP contribution in [0.3, 0.4) is 0 Å². The molecule has 9 rings (SSSR count). The van der Waals surface area contributed by atoms with Gasteiger partial charge >= 0.3 is 0 Å². The van der Waals surface area contributed by atoms with Crippen LogP contribution >= 0.6 is 0 Å². The van der Waals surface area contributed by atoms with Gasteiger partial charge < -0.3 is 0 Å². The number of hydrogen-bond donors (Lipinski definition) is 0. The highest BCUT2D eigenvalue weighted by Gasteiger charge is 2.51. The zero-order valence-electron chi connectivity index (χ0n) is 35.6. The van der Waals surface area contributed by atoms with E-state index in [4.69, 9.17) is 0 Å². The molecular weight excluding hydrogens is 703 g/mol. The van der Waals surface area contributed by atoms with E-state index in [1.54, 1.807) is 22.3 Å². The summed E-state index contributed by atoms with van der Waals surface area (Å²) in [7, 11) is -2.02. The summed E-state index contributed by atoms with van der Waals surface area (Å²) in [4.78, 5) is 3.01. The summed E-state index contributed by atoms with van der Waals surface area (Å²) in [5.74, 6) is 1.32. The van der Waals surface area contributed by atoms with E-state index >= 15 is 0 Å². The van der Waals surface area contributed by atoms with Gasteiger partial charge in [0, 0.05) is 23.5 Å². The van der Waals surface area contributed by atoms with E-state index in [2.05, 4.69) is 115 Å². The van der Waals surface area contributed by atoms with Crippen LogP contribution in [0.5, 0.6) is 0 Å². The first-order chi connectivity index (χ1) is 28.1. The van der Waals surface area contributed by atoms with Gasteiger partial charge in [-0.15, -0.1) is 0 Å². The fourth-order valence-corrected chi connectivity index (χ4v) is 20.1. The second-order valence-corrected chi connectivity index (χ2v) is 23.9. The van der Waals surface area contributed by atoms with Crippen LogP contribution in [-0.2, 0) is 0 Å². The van der Waals surface area contributed by atoms with Crippen molar-refractivity contribution in [1.82, 2.24) is 4.90 Å². The molecule has 9 aliphatic rings. The van der Waals surface area contributed by atoms with Crippen LogP contribution in [0.2, 0.25) is 5.54 Å². The molecule has 1 saturated carbocycles. The van der Waals surface area contributed by atoms with Gasteiger partial charge in [0.05, 0.1) is 0 Å². The molecule has 0 spiro atoms. The van der Waals surface area contributed by atoms with Crippen molar-refractivity contribution >= 4 is 8.07 Å². The molecule has 57 heavy (non-hydrogen) atoms. The van der Waals surface area contributed by atoms with E-state index in [1.807, 2.05) is 15.6 Å². The lowest BCUT2D eigenvalue weighted by atomic mass is 9.76. The van der Waals surface area contributed by atoms with Gasteiger partial charge in [0.25, 0.3) is 0 Å². The molecule has 302 valence electrons. The van der Waals surface area contributed by atoms with Crippen LogP contribution in [0.25, 0.3) is 0 Å². The largest absolute Gasteiger partial charge is 0.284 e. The van der Waals surface area contributed by atoms with Gasteiger partial charge in [-0.25, -0.2) is 0 Å². The summed E-state index contributed by atoms with van der Waals surface area (Å²) in [6.07, 6.45) is 75.3. The maximum atomic E-state index is 3.01. The van der Waals surface area contributed by atoms with Crippen LogP contribution in [0.4, 0.5) is 0 Å². The average Bonchev–Trinajstić information content (AvgIpc) is 3.29. The molecule has 6 atom stereocenters. The lowest BCUT2D eigenvalue weighted by molar-refractivity contribution is 0.0544. The molecule has 6 unspecified atom stereocenters. The number of hydrogen-bond acceptors (Lipinski definition) is 1. The van der Waals surface area contributed by atoms with Gasteiger partial charge in [0.2, 0.25) is 0 Å². The van der Waals surface area contributed by atoms with Crippen molar-refractivity contribution in [2.45, 2.75) is 184 Å². The zero-order chi connectivity index (χ0) is 38.5. The van der Waals surface area contributed by atoms with Crippen LogP contribution in [-0.4, -0.2) is 30.6 Å². The molecule has 0 heterocycles. The maximum Gasteiger partial charge on any atom is 0.142 e.